The first kappa shape index (κ1) is 7.94. The van der Waals surface area contributed by atoms with Crippen LogP contribution in [0.1, 0.15) is 21.5 Å². The van der Waals surface area contributed by atoms with Crippen LogP contribution in [0, 0.1) is 0 Å². The van der Waals surface area contributed by atoms with Crippen molar-refractivity contribution >= 4 is 23.3 Å². The third-order valence-corrected chi connectivity index (χ3v) is 2.28. The lowest BCUT2D eigenvalue weighted by Gasteiger charge is -1.82. The van der Waals surface area contributed by atoms with E-state index < -0.39 is 0 Å². The number of hydrogen-bond acceptors (Lipinski definition) is 4. The number of Topliss-reactive ketones (excluding diaryl/α,β-unsaturated/α-hetero) is 1. The molecule has 4 heteroatoms. The summed E-state index contributed by atoms with van der Waals surface area (Å²) >= 11 is 1.31. The van der Waals surface area contributed by atoms with Crippen LogP contribution in [0.3, 0.4) is 0 Å². The van der Waals surface area contributed by atoms with Crippen molar-refractivity contribution in [2.45, 2.75) is 6.92 Å². The topological polar surface area (TPSA) is 49.7 Å². The molecule has 0 saturated heterocycles. The summed E-state index contributed by atoms with van der Waals surface area (Å²) in [6, 6.07) is 3.45. The molecule has 0 aliphatic heterocycles. The van der Waals surface area contributed by atoms with E-state index >= 15 is 0 Å². The fourth-order valence-corrected chi connectivity index (χ4v) is 1.44. The van der Waals surface area contributed by atoms with Gasteiger partial charge in [0, 0.05) is 4.88 Å². The minimum Gasteiger partial charge on any atom is -0.411 e. The van der Waals surface area contributed by atoms with E-state index in [1.807, 2.05) is 0 Å². The maximum atomic E-state index is 10.8. The van der Waals surface area contributed by atoms with Crippen molar-refractivity contribution in [3.05, 3.63) is 21.9 Å². The molecule has 0 radical (unpaired) electrons. The zero-order chi connectivity index (χ0) is 8.27. The maximum Gasteiger partial charge on any atom is 0.169 e. The number of ketones is 1. The van der Waals surface area contributed by atoms with Gasteiger partial charge in [0.25, 0.3) is 0 Å². The molecule has 0 atom stereocenters. The molecule has 0 aliphatic carbocycles. The van der Waals surface area contributed by atoms with Gasteiger partial charge in [0.15, 0.2) is 5.78 Å². The summed E-state index contributed by atoms with van der Waals surface area (Å²) < 4.78 is 0. The highest BCUT2D eigenvalue weighted by Gasteiger charge is 2.01. The van der Waals surface area contributed by atoms with Crippen molar-refractivity contribution in [2.24, 2.45) is 5.16 Å². The van der Waals surface area contributed by atoms with Crippen molar-refractivity contribution in [1.82, 2.24) is 0 Å². The molecule has 1 rings (SSSR count). The summed E-state index contributed by atoms with van der Waals surface area (Å²) in [4.78, 5) is 12.2. The van der Waals surface area contributed by atoms with Gasteiger partial charge in [0.2, 0.25) is 0 Å². The SMILES string of the molecule is CC(=O)c1ccc(/C=N/O)s1. The summed E-state index contributed by atoms with van der Waals surface area (Å²) in [5.41, 5.74) is 0. The standard InChI is InChI=1S/C7H7NO2S/c1-5(9)7-3-2-6(11-7)4-8-10/h2-4,10H,1H3/b8-4+. The predicted molar refractivity (Wildman–Crippen MR) is 43.7 cm³/mol. The molecule has 0 aromatic carbocycles. The molecule has 0 saturated carbocycles. The average molecular weight is 169 g/mol. The lowest BCUT2D eigenvalue weighted by Crippen LogP contribution is -1.83. The van der Waals surface area contributed by atoms with Crippen LogP contribution in [0.4, 0.5) is 0 Å². The number of rotatable bonds is 2. The Morgan fingerprint density at radius 1 is 1.73 bits per heavy atom. The lowest BCUT2D eigenvalue weighted by atomic mass is 10.3. The van der Waals surface area contributed by atoms with E-state index in [4.69, 9.17) is 5.21 Å². The Labute approximate surface area is 68.0 Å². The Kier molecular flexibility index (Phi) is 2.38. The minimum atomic E-state index is 0.0348. The Morgan fingerprint density at radius 3 is 2.91 bits per heavy atom. The molecule has 0 fully saturated rings. The van der Waals surface area contributed by atoms with Gasteiger partial charge in [-0.1, -0.05) is 5.16 Å². The minimum absolute atomic E-state index is 0.0348. The van der Waals surface area contributed by atoms with Crippen LogP contribution < -0.4 is 0 Å². The molecule has 1 N–H and O–H groups in total. The summed E-state index contributed by atoms with van der Waals surface area (Å²) in [6.07, 6.45) is 1.30. The number of carbonyl (C=O) groups is 1. The molecule has 1 aromatic heterocycles. The third kappa shape index (κ3) is 1.88. The van der Waals surface area contributed by atoms with Crippen molar-refractivity contribution < 1.29 is 10.0 Å². The molecule has 0 aliphatic rings. The lowest BCUT2D eigenvalue weighted by molar-refractivity contribution is 0.102. The summed E-state index contributed by atoms with van der Waals surface area (Å²) in [7, 11) is 0. The predicted octanol–water partition coefficient (Wildman–Crippen LogP) is 1.76. The number of carbonyl (C=O) groups excluding carboxylic acids is 1. The maximum absolute atomic E-state index is 10.8. The number of oxime groups is 1. The molecular formula is C7H7NO2S. The zero-order valence-electron chi connectivity index (χ0n) is 5.94. The number of nitrogens with zero attached hydrogens (tertiary/aromatic N) is 1. The van der Waals surface area contributed by atoms with Gasteiger partial charge in [-0.05, 0) is 19.1 Å². The van der Waals surface area contributed by atoms with Crippen molar-refractivity contribution in [1.29, 1.82) is 0 Å². The van der Waals surface area contributed by atoms with Crippen LogP contribution in [0.5, 0.6) is 0 Å². The number of thiophene rings is 1. The van der Waals surface area contributed by atoms with Gasteiger partial charge in [0.1, 0.15) is 0 Å². The second-order valence-electron chi connectivity index (χ2n) is 2.00. The second kappa shape index (κ2) is 3.30. The van der Waals surface area contributed by atoms with E-state index in [2.05, 4.69) is 5.16 Å². The van der Waals surface area contributed by atoms with Crippen LogP contribution in [-0.2, 0) is 0 Å². The van der Waals surface area contributed by atoms with Crippen molar-refractivity contribution in [2.75, 3.05) is 0 Å². The highest BCUT2D eigenvalue weighted by Crippen LogP contribution is 2.14. The van der Waals surface area contributed by atoms with Gasteiger partial charge >= 0.3 is 0 Å². The van der Waals surface area contributed by atoms with Gasteiger partial charge in [-0.2, -0.15) is 0 Å². The normalized spacial score (nSPS) is 10.6. The average Bonchev–Trinajstić information content (AvgIpc) is 2.37. The first-order chi connectivity index (χ1) is 5.24. The van der Waals surface area contributed by atoms with Gasteiger partial charge in [-0.25, -0.2) is 0 Å². The van der Waals surface area contributed by atoms with E-state index in [1.165, 1.54) is 24.5 Å². The molecular weight excluding hydrogens is 162 g/mol. The van der Waals surface area contributed by atoms with E-state index in [0.29, 0.717) is 4.88 Å². The van der Waals surface area contributed by atoms with Gasteiger partial charge in [-0.3, -0.25) is 4.79 Å². The largest absolute Gasteiger partial charge is 0.411 e. The highest BCUT2D eigenvalue weighted by molar-refractivity contribution is 7.15. The van der Waals surface area contributed by atoms with Crippen LogP contribution in [-0.4, -0.2) is 17.2 Å². The molecule has 58 valence electrons. The van der Waals surface area contributed by atoms with E-state index in [-0.39, 0.29) is 5.78 Å². The third-order valence-electron chi connectivity index (χ3n) is 1.16. The van der Waals surface area contributed by atoms with Gasteiger partial charge < -0.3 is 5.21 Å². The van der Waals surface area contributed by atoms with Gasteiger partial charge in [-0.15, -0.1) is 11.3 Å². The monoisotopic (exact) mass is 169 g/mol. The quantitative estimate of drug-likeness (QED) is 0.317. The second-order valence-corrected chi connectivity index (χ2v) is 3.12. The zero-order valence-corrected chi connectivity index (χ0v) is 6.76. The summed E-state index contributed by atoms with van der Waals surface area (Å²) in [5.74, 6) is 0.0348. The molecule has 0 amide bonds. The molecule has 3 nitrogen and oxygen atoms in total. The van der Waals surface area contributed by atoms with Crippen LogP contribution in [0.25, 0.3) is 0 Å². The molecule has 0 unspecified atom stereocenters. The smallest absolute Gasteiger partial charge is 0.169 e. The Bertz CT molecular complexity index is 290. The highest BCUT2D eigenvalue weighted by atomic mass is 32.1. The van der Waals surface area contributed by atoms with E-state index in [0.717, 1.165) is 4.88 Å². The van der Waals surface area contributed by atoms with E-state index in [1.54, 1.807) is 12.1 Å². The van der Waals surface area contributed by atoms with Gasteiger partial charge in [0.05, 0.1) is 11.1 Å². The Balaban J connectivity index is 2.90. The first-order valence-corrected chi connectivity index (χ1v) is 3.84. The Hall–Kier alpha value is -1.16. The molecule has 1 heterocycles. The van der Waals surface area contributed by atoms with Crippen LogP contribution in [0.15, 0.2) is 17.3 Å². The molecule has 11 heavy (non-hydrogen) atoms. The molecule has 0 spiro atoms. The number of hydrogen-bond donors (Lipinski definition) is 1. The summed E-state index contributed by atoms with van der Waals surface area (Å²) in [5, 5.41) is 11.0. The van der Waals surface area contributed by atoms with Crippen LogP contribution >= 0.6 is 11.3 Å². The van der Waals surface area contributed by atoms with E-state index in [9.17, 15) is 4.79 Å². The first-order valence-electron chi connectivity index (χ1n) is 3.02. The molecule has 1 aromatic rings. The van der Waals surface area contributed by atoms with Crippen molar-refractivity contribution in [3.63, 3.8) is 0 Å². The Morgan fingerprint density at radius 2 is 2.45 bits per heavy atom. The van der Waals surface area contributed by atoms with Crippen molar-refractivity contribution in [3.8, 4) is 0 Å². The molecule has 0 bridgehead atoms. The fourth-order valence-electron chi connectivity index (χ4n) is 0.668. The van der Waals surface area contributed by atoms with Crippen LogP contribution in [0.2, 0.25) is 0 Å². The fraction of sp³-hybridized carbons (Fsp3) is 0.143. The summed E-state index contributed by atoms with van der Waals surface area (Å²) in [6.45, 7) is 1.51.